The number of halogens is 3. The molecule has 0 atom stereocenters. The highest BCUT2D eigenvalue weighted by Crippen LogP contribution is 2.37. The minimum atomic E-state index is 0.398. The van der Waals surface area contributed by atoms with Gasteiger partial charge in [0, 0.05) is 22.3 Å². The number of nitrogens with one attached hydrogen (secondary N) is 1. The molecule has 0 bridgehead atoms. The minimum absolute atomic E-state index is 0.398. The van der Waals surface area contributed by atoms with Crippen LogP contribution in [0.15, 0.2) is 65.1 Å². The molecule has 1 N–H and O–H groups in total. The third-order valence-corrected chi connectivity index (χ3v) is 4.94. The monoisotopic (exact) mass is 465 g/mol. The highest BCUT2D eigenvalue weighted by molar-refractivity contribution is 9.10. The second-order valence-electron chi connectivity index (χ2n) is 5.89. The van der Waals surface area contributed by atoms with Crippen LogP contribution < -0.4 is 14.8 Å². The van der Waals surface area contributed by atoms with Crippen molar-refractivity contribution in [2.75, 3.05) is 12.4 Å². The van der Waals surface area contributed by atoms with Gasteiger partial charge >= 0.3 is 0 Å². The van der Waals surface area contributed by atoms with E-state index in [4.69, 9.17) is 32.7 Å². The van der Waals surface area contributed by atoms with Crippen molar-refractivity contribution in [1.29, 1.82) is 0 Å². The number of ether oxygens (including phenoxy) is 2. The Hall–Kier alpha value is -1.88. The Bertz CT molecular complexity index is 934. The Balaban J connectivity index is 1.72. The molecule has 0 unspecified atom stereocenters. The van der Waals surface area contributed by atoms with Crippen molar-refractivity contribution in [3.8, 4) is 11.5 Å². The summed E-state index contributed by atoms with van der Waals surface area (Å²) in [7, 11) is 1.63. The van der Waals surface area contributed by atoms with E-state index in [9.17, 15) is 0 Å². The number of anilines is 1. The zero-order valence-corrected chi connectivity index (χ0v) is 17.7. The number of methoxy groups -OCH3 is 1. The van der Waals surface area contributed by atoms with Crippen LogP contribution in [0, 0.1) is 0 Å². The van der Waals surface area contributed by atoms with Gasteiger partial charge in [0.15, 0.2) is 11.5 Å². The summed E-state index contributed by atoms with van der Waals surface area (Å²) in [5.41, 5.74) is 3.00. The molecule has 3 aromatic carbocycles. The molecule has 6 heteroatoms. The lowest BCUT2D eigenvalue weighted by molar-refractivity contribution is 0.282. The van der Waals surface area contributed by atoms with Crippen LogP contribution in [-0.4, -0.2) is 7.11 Å². The molecule has 3 rings (SSSR count). The van der Waals surface area contributed by atoms with Gasteiger partial charge in [-0.05, 0) is 69.5 Å². The van der Waals surface area contributed by atoms with Crippen LogP contribution in [0.25, 0.3) is 0 Å². The fourth-order valence-electron chi connectivity index (χ4n) is 2.60. The maximum Gasteiger partial charge on any atom is 0.175 e. The van der Waals surface area contributed by atoms with Crippen LogP contribution in [0.2, 0.25) is 10.0 Å². The fraction of sp³-hybridized carbons (Fsp3) is 0.143. The van der Waals surface area contributed by atoms with E-state index in [1.807, 2.05) is 60.7 Å². The first-order valence-electron chi connectivity index (χ1n) is 8.28. The summed E-state index contributed by atoms with van der Waals surface area (Å²) in [6, 6.07) is 19.2. The second-order valence-corrected chi connectivity index (χ2v) is 7.62. The lowest BCUT2D eigenvalue weighted by Crippen LogP contribution is -2.03. The molecule has 0 aromatic heterocycles. The van der Waals surface area contributed by atoms with E-state index in [0.29, 0.717) is 34.7 Å². The highest BCUT2D eigenvalue weighted by atomic mass is 79.9. The zero-order chi connectivity index (χ0) is 19.2. The van der Waals surface area contributed by atoms with Gasteiger partial charge in [0.2, 0.25) is 0 Å². The van der Waals surface area contributed by atoms with E-state index in [-0.39, 0.29) is 0 Å². The Kier molecular flexibility index (Phi) is 6.89. The molecule has 0 fully saturated rings. The highest BCUT2D eigenvalue weighted by Gasteiger charge is 2.12. The first-order chi connectivity index (χ1) is 13.0. The van der Waals surface area contributed by atoms with E-state index in [2.05, 4.69) is 21.2 Å². The Morgan fingerprint density at radius 1 is 0.926 bits per heavy atom. The summed E-state index contributed by atoms with van der Waals surface area (Å²) < 4.78 is 12.3. The molecule has 0 heterocycles. The van der Waals surface area contributed by atoms with Gasteiger partial charge in [-0.1, -0.05) is 41.4 Å². The predicted octanol–water partition coefficient (Wildman–Crippen LogP) is 6.96. The van der Waals surface area contributed by atoms with Gasteiger partial charge in [-0.2, -0.15) is 0 Å². The fourth-order valence-corrected chi connectivity index (χ4v) is 3.61. The smallest absolute Gasteiger partial charge is 0.175 e. The average molecular weight is 467 g/mol. The summed E-state index contributed by atoms with van der Waals surface area (Å²) in [5, 5.41) is 4.73. The van der Waals surface area contributed by atoms with E-state index >= 15 is 0 Å². The molecule has 0 aliphatic heterocycles. The molecule has 0 radical (unpaired) electrons. The molecule has 140 valence electrons. The van der Waals surface area contributed by atoms with Gasteiger partial charge in [0.05, 0.1) is 11.6 Å². The quantitative estimate of drug-likeness (QED) is 0.408. The van der Waals surface area contributed by atoms with Crippen LogP contribution in [0.1, 0.15) is 11.1 Å². The summed E-state index contributed by atoms with van der Waals surface area (Å²) >= 11 is 15.6. The molecule has 3 nitrogen and oxygen atoms in total. The van der Waals surface area contributed by atoms with Crippen LogP contribution in [-0.2, 0) is 13.2 Å². The van der Waals surface area contributed by atoms with Crippen molar-refractivity contribution < 1.29 is 9.47 Å². The first kappa shape index (κ1) is 19.9. The predicted molar refractivity (Wildman–Crippen MR) is 115 cm³/mol. The topological polar surface area (TPSA) is 30.5 Å². The Labute approximate surface area is 177 Å². The van der Waals surface area contributed by atoms with Crippen molar-refractivity contribution in [2.24, 2.45) is 0 Å². The molecular formula is C21H18BrCl2NO2. The average Bonchev–Trinajstić information content (AvgIpc) is 2.65. The molecule has 0 saturated heterocycles. The molecule has 0 amide bonds. The van der Waals surface area contributed by atoms with Crippen LogP contribution in [0.3, 0.4) is 0 Å². The molecule has 0 aliphatic carbocycles. The third-order valence-electron chi connectivity index (χ3n) is 3.88. The maximum absolute atomic E-state index is 6.03. The summed E-state index contributed by atoms with van der Waals surface area (Å²) in [6.07, 6.45) is 0. The van der Waals surface area contributed by atoms with Crippen molar-refractivity contribution in [3.05, 3.63) is 86.3 Å². The maximum atomic E-state index is 6.03. The molecule has 0 saturated carbocycles. The SMILES string of the molecule is COc1cc(CNc2cccc(Cl)c2)cc(Br)c1OCc1cccc(Cl)c1. The largest absolute Gasteiger partial charge is 0.493 e. The van der Waals surface area contributed by atoms with Gasteiger partial charge < -0.3 is 14.8 Å². The summed E-state index contributed by atoms with van der Waals surface area (Å²) in [6.45, 7) is 1.03. The van der Waals surface area contributed by atoms with Gasteiger partial charge in [-0.15, -0.1) is 0 Å². The Morgan fingerprint density at radius 3 is 2.37 bits per heavy atom. The van der Waals surface area contributed by atoms with Gasteiger partial charge in [0.1, 0.15) is 6.61 Å². The second kappa shape index (κ2) is 9.36. The van der Waals surface area contributed by atoms with E-state index < -0.39 is 0 Å². The van der Waals surface area contributed by atoms with Gasteiger partial charge in [-0.25, -0.2) is 0 Å². The Morgan fingerprint density at radius 2 is 1.67 bits per heavy atom. The molecule has 27 heavy (non-hydrogen) atoms. The van der Waals surface area contributed by atoms with Crippen LogP contribution in [0.5, 0.6) is 11.5 Å². The number of rotatable bonds is 7. The van der Waals surface area contributed by atoms with E-state index in [1.54, 1.807) is 7.11 Å². The lowest BCUT2D eigenvalue weighted by Gasteiger charge is -2.15. The normalized spacial score (nSPS) is 10.5. The molecule has 0 spiro atoms. The van der Waals surface area contributed by atoms with Crippen molar-refractivity contribution in [3.63, 3.8) is 0 Å². The standard InChI is InChI=1S/C21H18BrCl2NO2/c1-26-20-10-15(12-25-18-7-3-6-17(24)11-18)9-19(22)21(20)27-13-14-4-2-5-16(23)8-14/h2-11,25H,12-13H2,1H3. The molecule has 0 aliphatic rings. The van der Waals surface area contributed by atoms with E-state index in [0.717, 1.165) is 21.3 Å². The number of hydrogen-bond acceptors (Lipinski definition) is 3. The molecule has 3 aromatic rings. The van der Waals surface area contributed by atoms with Crippen molar-refractivity contribution in [2.45, 2.75) is 13.2 Å². The number of benzene rings is 3. The van der Waals surface area contributed by atoms with Crippen LogP contribution in [0.4, 0.5) is 5.69 Å². The van der Waals surface area contributed by atoms with Crippen molar-refractivity contribution >= 4 is 44.8 Å². The zero-order valence-electron chi connectivity index (χ0n) is 14.6. The summed E-state index contributed by atoms with van der Waals surface area (Å²) in [5.74, 6) is 1.32. The van der Waals surface area contributed by atoms with E-state index in [1.165, 1.54) is 0 Å². The van der Waals surface area contributed by atoms with Crippen LogP contribution >= 0.6 is 39.1 Å². The molecular weight excluding hydrogens is 449 g/mol. The van der Waals surface area contributed by atoms with Gasteiger partial charge in [0.25, 0.3) is 0 Å². The summed E-state index contributed by atoms with van der Waals surface area (Å²) in [4.78, 5) is 0. The lowest BCUT2D eigenvalue weighted by atomic mass is 10.2. The van der Waals surface area contributed by atoms with Crippen molar-refractivity contribution in [1.82, 2.24) is 0 Å². The minimum Gasteiger partial charge on any atom is -0.493 e. The van der Waals surface area contributed by atoms with Gasteiger partial charge in [-0.3, -0.25) is 0 Å². The first-order valence-corrected chi connectivity index (χ1v) is 9.83. The third kappa shape index (κ3) is 5.55. The number of hydrogen-bond donors (Lipinski definition) is 1.